The summed E-state index contributed by atoms with van der Waals surface area (Å²) in [5, 5.41) is 8.60. The molecular weight excluding hydrogens is 182 g/mol. The number of hydrogen-bond donors (Lipinski definition) is 1. The maximum atomic E-state index is 11.3. The smallest absolute Gasteiger partial charge is 0.296 e. The molecule has 14 heavy (non-hydrogen) atoms. The van der Waals surface area contributed by atoms with Crippen LogP contribution in [0.25, 0.3) is 0 Å². The van der Waals surface area contributed by atoms with Crippen molar-refractivity contribution in [2.45, 2.75) is 26.3 Å². The molecule has 0 aliphatic carbocycles. The maximum Gasteiger partial charge on any atom is 0.328 e. The third-order valence-electron chi connectivity index (χ3n) is 2.15. The minimum atomic E-state index is -0.628. The highest BCUT2D eigenvalue weighted by Crippen LogP contribution is 2.05. The van der Waals surface area contributed by atoms with E-state index in [2.05, 4.69) is 4.98 Å². The first kappa shape index (κ1) is 10.3. The first-order chi connectivity index (χ1) is 6.60. The lowest BCUT2D eigenvalue weighted by atomic mass is 10.2. The van der Waals surface area contributed by atoms with Crippen LogP contribution >= 0.6 is 0 Å². The fraction of sp³-hybridized carbons (Fsp3) is 0.444. The van der Waals surface area contributed by atoms with Crippen molar-refractivity contribution in [2.24, 2.45) is 0 Å². The number of aromatic nitrogens is 2. The Balaban J connectivity index is 3.41. The van der Waals surface area contributed by atoms with E-state index in [9.17, 15) is 9.59 Å². The fourth-order valence-electron chi connectivity index (χ4n) is 1.09. The number of nitrogens with one attached hydrogen (secondary N) is 1. The third-order valence-corrected chi connectivity index (χ3v) is 2.15. The van der Waals surface area contributed by atoms with Gasteiger partial charge in [-0.3, -0.25) is 14.3 Å². The Morgan fingerprint density at radius 1 is 1.64 bits per heavy atom. The van der Waals surface area contributed by atoms with Crippen molar-refractivity contribution < 1.29 is 0 Å². The topological polar surface area (TPSA) is 78.7 Å². The van der Waals surface area contributed by atoms with Gasteiger partial charge in [-0.1, -0.05) is 6.92 Å². The molecule has 1 heterocycles. The summed E-state index contributed by atoms with van der Waals surface area (Å²) in [6, 6.07) is 1.72. The number of rotatable bonds is 2. The largest absolute Gasteiger partial charge is 0.328 e. The molecule has 5 nitrogen and oxygen atoms in total. The monoisotopic (exact) mass is 193 g/mol. The molecule has 74 valence electrons. The lowest BCUT2D eigenvalue weighted by Gasteiger charge is -2.11. The lowest BCUT2D eigenvalue weighted by molar-refractivity contribution is 0.501. The van der Waals surface area contributed by atoms with Gasteiger partial charge >= 0.3 is 5.69 Å². The number of H-pyrrole nitrogens is 1. The Labute approximate surface area is 80.6 Å². The average Bonchev–Trinajstić information content (AvgIpc) is 2.17. The number of nitrogens with zero attached hydrogens (tertiary/aromatic N) is 2. The van der Waals surface area contributed by atoms with Gasteiger partial charge in [-0.15, -0.1) is 0 Å². The molecule has 0 saturated heterocycles. The molecule has 0 aliphatic heterocycles. The van der Waals surface area contributed by atoms with Gasteiger partial charge in [0.15, 0.2) is 0 Å². The molecule has 1 aromatic heterocycles. The van der Waals surface area contributed by atoms with Crippen LogP contribution < -0.4 is 11.2 Å². The van der Waals surface area contributed by atoms with Crippen LogP contribution in [0.15, 0.2) is 15.8 Å². The molecule has 1 unspecified atom stereocenters. The van der Waals surface area contributed by atoms with Crippen LogP contribution in [0.4, 0.5) is 0 Å². The van der Waals surface area contributed by atoms with Gasteiger partial charge < -0.3 is 0 Å². The van der Waals surface area contributed by atoms with Crippen molar-refractivity contribution in [3.8, 4) is 6.07 Å². The van der Waals surface area contributed by atoms with Crippen molar-refractivity contribution in [2.75, 3.05) is 0 Å². The summed E-state index contributed by atoms with van der Waals surface area (Å²) < 4.78 is 1.36. The summed E-state index contributed by atoms with van der Waals surface area (Å²) in [5.74, 6) is 0. The Morgan fingerprint density at radius 2 is 2.29 bits per heavy atom. The first-order valence-electron chi connectivity index (χ1n) is 4.35. The number of aromatic amines is 1. The highest BCUT2D eigenvalue weighted by molar-refractivity contribution is 5.21. The first-order valence-corrected chi connectivity index (χ1v) is 4.35. The van der Waals surface area contributed by atoms with E-state index in [1.165, 1.54) is 10.8 Å². The zero-order valence-electron chi connectivity index (χ0n) is 8.07. The van der Waals surface area contributed by atoms with Gasteiger partial charge in [-0.2, -0.15) is 5.26 Å². The third kappa shape index (κ3) is 1.74. The lowest BCUT2D eigenvalue weighted by Crippen LogP contribution is -2.32. The van der Waals surface area contributed by atoms with Crippen molar-refractivity contribution in [3.05, 3.63) is 32.6 Å². The molecule has 0 aliphatic rings. The minimum Gasteiger partial charge on any atom is -0.296 e. The molecule has 1 aromatic rings. The summed E-state index contributed by atoms with van der Waals surface area (Å²) in [6.07, 6.45) is 2.06. The van der Waals surface area contributed by atoms with Crippen LogP contribution in [0.1, 0.15) is 31.9 Å². The van der Waals surface area contributed by atoms with Gasteiger partial charge in [0.05, 0.1) is 0 Å². The molecular formula is C9H11N3O2. The van der Waals surface area contributed by atoms with Crippen LogP contribution in [-0.4, -0.2) is 9.55 Å². The summed E-state index contributed by atoms with van der Waals surface area (Å²) in [4.78, 5) is 24.5. The van der Waals surface area contributed by atoms with Crippen molar-refractivity contribution in [3.63, 3.8) is 0 Å². The van der Waals surface area contributed by atoms with E-state index in [0.717, 1.165) is 6.42 Å². The van der Waals surface area contributed by atoms with E-state index >= 15 is 0 Å². The van der Waals surface area contributed by atoms with Crippen LogP contribution in [0.2, 0.25) is 0 Å². The van der Waals surface area contributed by atoms with Gasteiger partial charge in [0.2, 0.25) is 0 Å². The minimum absolute atomic E-state index is 0.0218. The number of hydrogen-bond acceptors (Lipinski definition) is 3. The molecule has 0 aromatic carbocycles. The van der Waals surface area contributed by atoms with E-state index in [0.29, 0.717) is 0 Å². The van der Waals surface area contributed by atoms with Crippen LogP contribution in [-0.2, 0) is 0 Å². The molecule has 1 rings (SSSR count). The molecule has 0 saturated carbocycles. The van der Waals surface area contributed by atoms with Gasteiger partial charge in [-0.05, 0) is 13.3 Å². The second kappa shape index (κ2) is 3.92. The summed E-state index contributed by atoms with van der Waals surface area (Å²) >= 11 is 0. The van der Waals surface area contributed by atoms with Crippen molar-refractivity contribution in [1.29, 1.82) is 5.26 Å². The molecule has 0 bridgehead atoms. The second-order valence-corrected chi connectivity index (χ2v) is 3.08. The molecule has 5 heteroatoms. The van der Waals surface area contributed by atoms with E-state index in [4.69, 9.17) is 5.26 Å². The van der Waals surface area contributed by atoms with Crippen LogP contribution in [0.3, 0.4) is 0 Å². The van der Waals surface area contributed by atoms with Gasteiger partial charge in [0.25, 0.3) is 5.56 Å². The quantitative estimate of drug-likeness (QED) is 0.737. The van der Waals surface area contributed by atoms with Crippen LogP contribution in [0, 0.1) is 11.3 Å². The van der Waals surface area contributed by atoms with E-state index < -0.39 is 11.2 Å². The predicted molar refractivity (Wildman–Crippen MR) is 51.0 cm³/mol. The predicted octanol–water partition coefficient (Wildman–Crippen LogP) is 0.379. The zero-order valence-corrected chi connectivity index (χ0v) is 8.07. The van der Waals surface area contributed by atoms with Gasteiger partial charge in [0.1, 0.15) is 11.6 Å². The second-order valence-electron chi connectivity index (χ2n) is 3.08. The highest BCUT2D eigenvalue weighted by Gasteiger charge is 2.07. The van der Waals surface area contributed by atoms with Gasteiger partial charge in [-0.25, -0.2) is 4.79 Å². The normalized spacial score (nSPS) is 12.1. The Morgan fingerprint density at radius 3 is 2.79 bits per heavy atom. The Hall–Kier alpha value is -1.83. The SMILES string of the molecule is CCC(C)n1cc(C#N)c(=O)[nH]c1=O. The highest BCUT2D eigenvalue weighted by atomic mass is 16.2. The van der Waals surface area contributed by atoms with Crippen LogP contribution in [0.5, 0.6) is 0 Å². The summed E-state index contributed by atoms with van der Waals surface area (Å²) in [6.45, 7) is 3.77. The van der Waals surface area contributed by atoms with E-state index in [1.807, 2.05) is 13.8 Å². The van der Waals surface area contributed by atoms with E-state index in [1.54, 1.807) is 6.07 Å². The van der Waals surface area contributed by atoms with Crippen molar-refractivity contribution >= 4 is 0 Å². The Kier molecular flexibility index (Phi) is 2.87. The molecule has 1 N–H and O–H groups in total. The molecule has 0 fully saturated rings. The Bertz CT molecular complexity index is 478. The number of nitriles is 1. The fourth-order valence-corrected chi connectivity index (χ4v) is 1.09. The average molecular weight is 193 g/mol. The standard InChI is InChI=1S/C9H11N3O2/c1-3-6(2)12-5-7(4-10)8(13)11-9(12)14/h5-6H,3H2,1-2H3,(H,11,13,14). The van der Waals surface area contributed by atoms with Gasteiger partial charge in [0, 0.05) is 12.2 Å². The van der Waals surface area contributed by atoms with Crippen molar-refractivity contribution in [1.82, 2.24) is 9.55 Å². The molecule has 1 atom stereocenters. The molecule has 0 spiro atoms. The van der Waals surface area contributed by atoms with E-state index in [-0.39, 0.29) is 11.6 Å². The zero-order chi connectivity index (χ0) is 10.7. The molecule has 0 radical (unpaired) electrons. The summed E-state index contributed by atoms with van der Waals surface area (Å²) in [5.41, 5.74) is -1.13. The maximum absolute atomic E-state index is 11.3. The summed E-state index contributed by atoms with van der Waals surface area (Å²) in [7, 11) is 0. The molecule has 0 amide bonds.